The van der Waals surface area contributed by atoms with Crippen molar-refractivity contribution < 1.29 is 9.53 Å². The Bertz CT molecular complexity index is 612. The molecule has 7 heteroatoms. The van der Waals surface area contributed by atoms with Gasteiger partial charge in [0.15, 0.2) is 0 Å². The summed E-state index contributed by atoms with van der Waals surface area (Å²) in [6.07, 6.45) is 0.981. The van der Waals surface area contributed by atoms with Gasteiger partial charge >= 0.3 is 6.03 Å². The second-order valence-corrected chi connectivity index (χ2v) is 7.07. The molecule has 3 rings (SSSR count). The number of thiophene rings is 1. The zero-order chi connectivity index (χ0) is 15.4. The number of carbonyl (C=O) groups is 1. The van der Waals surface area contributed by atoms with E-state index in [9.17, 15) is 4.79 Å². The normalized spacial score (nSPS) is 19.0. The van der Waals surface area contributed by atoms with E-state index in [1.807, 2.05) is 28.7 Å². The molecule has 0 radical (unpaired) electrons. The third-order valence-electron chi connectivity index (χ3n) is 3.44. The number of carbonyl (C=O) groups excluding carboxylic acids is 1. The molecule has 2 amide bonds. The summed E-state index contributed by atoms with van der Waals surface area (Å²) in [5.74, 6) is 0. The summed E-state index contributed by atoms with van der Waals surface area (Å²) in [4.78, 5) is 19.8. The molecule has 2 aromatic rings. The van der Waals surface area contributed by atoms with Gasteiger partial charge in [-0.3, -0.25) is 0 Å². The molecule has 1 atom stereocenters. The Morgan fingerprint density at radius 2 is 2.45 bits per heavy atom. The number of nitrogens with zero attached hydrogens (tertiary/aromatic N) is 2. The predicted octanol–water partition coefficient (Wildman–Crippen LogP) is 3.19. The molecule has 0 saturated carbocycles. The maximum atomic E-state index is 12.2. The molecule has 1 aliphatic heterocycles. The molecule has 5 nitrogen and oxygen atoms in total. The molecule has 118 valence electrons. The van der Waals surface area contributed by atoms with Crippen molar-refractivity contribution in [2.45, 2.75) is 26.0 Å². The molecular weight excluding hydrogens is 318 g/mol. The van der Waals surface area contributed by atoms with E-state index >= 15 is 0 Å². The highest BCUT2D eigenvalue weighted by molar-refractivity contribution is 7.20. The lowest BCUT2D eigenvalue weighted by atomic mass is 10.3. The van der Waals surface area contributed by atoms with Crippen molar-refractivity contribution in [2.24, 2.45) is 0 Å². The van der Waals surface area contributed by atoms with Gasteiger partial charge in [0, 0.05) is 25.1 Å². The van der Waals surface area contributed by atoms with Crippen LogP contribution in [0.15, 0.2) is 22.9 Å². The fourth-order valence-electron chi connectivity index (χ4n) is 2.36. The van der Waals surface area contributed by atoms with Crippen molar-refractivity contribution in [3.05, 3.63) is 28.6 Å². The lowest BCUT2D eigenvalue weighted by Gasteiger charge is -2.22. The average molecular weight is 337 g/mol. The number of amides is 2. The number of hydrogen-bond acceptors (Lipinski definition) is 5. The molecule has 1 fully saturated rings. The lowest BCUT2D eigenvalue weighted by Crippen LogP contribution is -2.42. The zero-order valence-electron chi connectivity index (χ0n) is 12.4. The van der Waals surface area contributed by atoms with E-state index in [1.54, 1.807) is 22.7 Å². The van der Waals surface area contributed by atoms with Gasteiger partial charge in [0.2, 0.25) is 0 Å². The molecule has 2 aromatic heterocycles. The molecule has 0 aliphatic carbocycles. The zero-order valence-corrected chi connectivity index (χ0v) is 14.1. The van der Waals surface area contributed by atoms with Gasteiger partial charge in [-0.15, -0.1) is 22.7 Å². The smallest absolute Gasteiger partial charge is 0.317 e. The number of ether oxygens (including phenoxy) is 1. The number of thiazole rings is 1. The highest BCUT2D eigenvalue weighted by Crippen LogP contribution is 2.27. The van der Waals surface area contributed by atoms with E-state index in [1.165, 1.54) is 4.88 Å². The number of nitrogens with one attached hydrogen (secondary N) is 1. The van der Waals surface area contributed by atoms with Crippen molar-refractivity contribution in [1.29, 1.82) is 0 Å². The molecule has 1 unspecified atom stereocenters. The van der Waals surface area contributed by atoms with Crippen LogP contribution in [0.1, 0.15) is 19.0 Å². The Balaban J connectivity index is 1.54. The first-order valence-corrected chi connectivity index (χ1v) is 9.11. The Kier molecular flexibility index (Phi) is 5.07. The monoisotopic (exact) mass is 337 g/mol. The van der Waals surface area contributed by atoms with E-state index in [2.05, 4.69) is 16.4 Å². The number of rotatable bonds is 3. The summed E-state index contributed by atoms with van der Waals surface area (Å²) in [5, 5.41) is 8.01. The van der Waals surface area contributed by atoms with Crippen LogP contribution in [0.25, 0.3) is 9.88 Å². The number of hydrogen-bond donors (Lipinski definition) is 1. The van der Waals surface area contributed by atoms with Crippen LogP contribution in [0.2, 0.25) is 0 Å². The van der Waals surface area contributed by atoms with Crippen LogP contribution in [0.3, 0.4) is 0 Å². The predicted molar refractivity (Wildman–Crippen MR) is 89.3 cm³/mol. The first kappa shape index (κ1) is 15.5. The minimum absolute atomic E-state index is 0.0389. The van der Waals surface area contributed by atoms with Crippen LogP contribution in [-0.2, 0) is 11.3 Å². The van der Waals surface area contributed by atoms with Crippen molar-refractivity contribution in [3.8, 4) is 9.88 Å². The van der Waals surface area contributed by atoms with Crippen LogP contribution in [-0.4, -0.2) is 41.7 Å². The minimum Gasteiger partial charge on any atom is -0.377 e. The molecule has 1 saturated heterocycles. The Morgan fingerprint density at radius 1 is 1.55 bits per heavy atom. The van der Waals surface area contributed by atoms with E-state index < -0.39 is 0 Å². The van der Waals surface area contributed by atoms with Crippen LogP contribution in [0.4, 0.5) is 4.79 Å². The summed E-state index contributed by atoms with van der Waals surface area (Å²) < 4.78 is 5.56. The van der Waals surface area contributed by atoms with Gasteiger partial charge < -0.3 is 15.0 Å². The quantitative estimate of drug-likeness (QED) is 0.936. The van der Waals surface area contributed by atoms with Crippen LogP contribution < -0.4 is 5.32 Å². The van der Waals surface area contributed by atoms with Crippen LogP contribution >= 0.6 is 22.7 Å². The van der Waals surface area contributed by atoms with E-state index in [0.717, 1.165) is 30.3 Å². The molecule has 3 heterocycles. The third kappa shape index (κ3) is 3.85. The lowest BCUT2D eigenvalue weighted by molar-refractivity contribution is 0.0710. The second-order valence-electron chi connectivity index (χ2n) is 5.26. The average Bonchev–Trinajstić information content (AvgIpc) is 3.14. The van der Waals surface area contributed by atoms with Gasteiger partial charge in [-0.2, -0.15) is 0 Å². The highest BCUT2D eigenvalue weighted by atomic mass is 32.1. The highest BCUT2D eigenvalue weighted by Gasteiger charge is 2.19. The van der Waals surface area contributed by atoms with E-state index in [4.69, 9.17) is 4.74 Å². The van der Waals surface area contributed by atoms with E-state index in [0.29, 0.717) is 13.1 Å². The first-order chi connectivity index (χ1) is 10.7. The topological polar surface area (TPSA) is 54.5 Å². The summed E-state index contributed by atoms with van der Waals surface area (Å²) in [7, 11) is 0. The van der Waals surface area contributed by atoms with Crippen molar-refractivity contribution in [2.75, 3.05) is 19.7 Å². The fourth-order valence-corrected chi connectivity index (χ4v) is 3.99. The van der Waals surface area contributed by atoms with Gasteiger partial charge in [0.1, 0.15) is 5.01 Å². The molecule has 1 aliphatic rings. The summed E-state index contributed by atoms with van der Waals surface area (Å²) >= 11 is 3.29. The number of aromatic nitrogens is 1. The molecular formula is C15H19N3O2S2. The molecule has 0 bridgehead atoms. The maximum Gasteiger partial charge on any atom is 0.317 e. The summed E-state index contributed by atoms with van der Waals surface area (Å²) in [5.41, 5.74) is 0.904. The standard InChI is InChI=1S/C15H19N3O2S2/c1-11-9-18(5-3-6-20-11)15(19)16-8-12-10-22-14(17-12)13-4-2-7-21-13/h2,4,7,10-11H,3,5-6,8-9H2,1H3,(H,16,19). The molecule has 0 spiro atoms. The van der Waals surface area contributed by atoms with Gasteiger partial charge in [0.05, 0.1) is 23.2 Å². The van der Waals surface area contributed by atoms with Gasteiger partial charge in [-0.25, -0.2) is 9.78 Å². The molecule has 0 aromatic carbocycles. The third-order valence-corrected chi connectivity index (χ3v) is 5.37. The summed E-state index contributed by atoms with van der Waals surface area (Å²) in [6, 6.07) is 4.04. The van der Waals surface area contributed by atoms with Crippen molar-refractivity contribution >= 4 is 28.7 Å². The van der Waals surface area contributed by atoms with Gasteiger partial charge in [-0.05, 0) is 24.8 Å². The second kappa shape index (κ2) is 7.21. The maximum absolute atomic E-state index is 12.2. The van der Waals surface area contributed by atoms with Crippen molar-refractivity contribution in [3.63, 3.8) is 0 Å². The summed E-state index contributed by atoms with van der Waals surface area (Å²) in [6.45, 7) is 4.57. The van der Waals surface area contributed by atoms with Crippen LogP contribution in [0.5, 0.6) is 0 Å². The fraction of sp³-hybridized carbons (Fsp3) is 0.467. The SMILES string of the molecule is CC1CN(C(=O)NCc2csc(-c3cccs3)n2)CCCO1. The van der Waals surface area contributed by atoms with Crippen LogP contribution in [0, 0.1) is 0 Å². The number of urea groups is 1. The van der Waals surface area contributed by atoms with Gasteiger partial charge in [0.25, 0.3) is 0 Å². The Morgan fingerprint density at radius 3 is 3.27 bits per heavy atom. The van der Waals surface area contributed by atoms with Crippen molar-refractivity contribution in [1.82, 2.24) is 15.2 Å². The minimum atomic E-state index is -0.0389. The first-order valence-electron chi connectivity index (χ1n) is 7.35. The molecule has 1 N–H and O–H groups in total. The Hall–Kier alpha value is -1.44. The van der Waals surface area contributed by atoms with E-state index in [-0.39, 0.29) is 12.1 Å². The molecule has 22 heavy (non-hydrogen) atoms. The van der Waals surface area contributed by atoms with Gasteiger partial charge in [-0.1, -0.05) is 6.07 Å². The largest absolute Gasteiger partial charge is 0.377 e. The Labute approximate surface area is 137 Å².